The smallest absolute Gasteiger partial charge is 0.261 e. The van der Waals surface area contributed by atoms with Crippen LogP contribution in [-0.2, 0) is 4.79 Å². The number of aromatic nitrogens is 1. The summed E-state index contributed by atoms with van der Waals surface area (Å²) in [5.74, 6) is 0.0834. The Morgan fingerprint density at radius 3 is 2.65 bits per heavy atom. The Morgan fingerprint density at radius 2 is 2.09 bits per heavy atom. The number of carbonyl (C=O) groups is 2. The molecule has 0 spiro atoms. The highest BCUT2D eigenvalue weighted by Crippen LogP contribution is 2.41. The van der Waals surface area contributed by atoms with E-state index in [0.717, 1.165) is 23.5 Å². The molecular weight excluding hydrogens is 330 g/mol. The van der Waals surface area contributed by atoms with Crippen LogP contribution in [0.5, 0.6) is 0 Å². The van der Waals surface area contributed by atoms with Crippen LogP contribution in [0.2, 0.25) is 0 Å². The minimum atomic E-state index is -0.577. The van der Waals surface area contributed by atoms with Crippen LogP contribution in [0.3, 0.4) is 0 Å². The zero-order valence-electron chi connectivity index (χ0n) is 13.0. The highest BCUT2D eigenvalue weighted by Gasteiger charge is 2.36. The van der Waals surface area contributed by atoms with Gasteiger partial charge in [-0.25, -0.2) is 4.98 Å². The molecule has 2 heterocycles. The molecule has 0 aliphatic heterocycles. The van der Waals surface area contributed by atoms with Gasteiger partial charge in [0.2, 0.25) is 5.91 Å². The Balaban J connectivity index is 1.61. The predicted octanol–water partition coefficient (Wildman–Crippen LogP) is 2.90. The summed E-state index contributed by atoms with van der Waals surface area (Å²) in [6.07, 6.45) is 2.22. The number of thiazole rings is 1. The summed E-state index contributed by atoms with van der Waals surface area (Å²) in [5, 5.41) is 10.6. The van der Waals surface area contributed by atoms with Crippen molar-refractivity contribution in [1.29, 1.82) is 0 Å². The summed E-state index contributed by atoms with van der Waals surface area (Å²) >= 11 is 2.94. The summed E-state index contributed by atoms with van der Waals surface area (Å²) in [6.45, 7) is 3.66. The summed E-state index contributed by atoms with van der Waals surface area (Å²) in [5.41, 5.74) is 0.976. The van der Waals surface area contributed by atoms with E-state index in [0.29, 0.717) is 10.8 Å². The maximum Gasteiger partial charge on any atom is 0.261 e. The number of nitrogens with one attached hydrogen (secondary N) is 2. The van der Waals surface area contributed by atoms with Crippen molar-refractivity contribution in [3.05, 3.63) is 38.5 Å². The van der Waals surface area contributed by atoms with E-state index in [2.05, 4.69) is 15.6 Å². The van der Waals surface area contributed by atoms with Crippen molar-refractivity contribution < 1.29 is 9.59 Å². The molecule has 0 saturated heterocycles. The fourth-order valence-electron chi connectivity index (χ4n) is 2.35. The molecule has 2 aromatic heterocycles. The molecule has 0 radical (unpaired) electrons. The molecule has 5 nitrogen and oxygen atoms in total. The second kappa shape index (κ2) is 6.80. The number of hydrogen-bond donors (Lipinski definition) is 2. The first kappa shape index (κ1) is 16.1. The number of amides is 2. The van der Waals surface area contributed by atoms with Gasteiger partial charge in [-0.15, -0.1) is 22.7 Å². The minimum absolute atomic E-state index is 0.0395. The van der Waals surface area contributed by atoms with Crippen LogP contribution in [0.15, 0.2) is 22.9 Å². The lowest BCUT2D eigenvalue weighted by Gasteiger charge is -2.19. The van der Waals surface area contributed by atoms with Crippen LogP contribution in [0.1, 0.15) is 46.2 Å². The second-order valence-corrected chi connectivity index (χ2v) is 7.66. The lowest BCUT2D eigenvalue weighted by atomic mass is 10.1. The fraction of sp³-hybridized carbons (Fsp3) is 0.438. The van der Waals surface area contributed by atoms with Crippen molar-refractivity contribution in [2.45, 2.75) is 38.8 Å². The molecular formula is C16H19N3O2S2. The van der Waals surface area contributed by atoms with Crippen LogP contribution in [0.4, 0.5) is 0 Å². The van der Waals surface area contributed by atoms with E-state index in [-0.39, 0.29) is 17.9 Å². The van der Waals surface area contributed by atoms with Gasteiger partial charge in [0, 0.05) is 11.1 Å². The Morgan fingerprint density at radius 1 is 1.30 bits per heavy atom. The molecule has 3 rings (SSSR count). The molecule has 23 heavy (non-hydrogen) atoms. The van der Waals surface area contributed by atoms with Crippen LogP contribution in [-0.4, -0.2) is 22.8 Å². The van der Waals surface area contributed by atoms with Gasteiger partial charge in [-0.3, -0.25) is 9.59 Å². The molecule has 1 fully saturated rings. The third-order valence-corrected chi connectivity index (χ3v) is 5.69. The van der Waals surface area contributed by atoms with E-state index in [1.54, 1.807) is 24.3 Å². The van der Waals surface area contributed by atoms with E-state index in [9.17, 15) is 9.59 Å². The van der Waals surface area contributed by atoms with Crippen molar-refractivity contribution >= 4 is 34.5 Å². The Bertz CT molecular complexity index is 692. The van der Waals surface area contributed by atoms with Crippen molar-refractivity contribution in [3.63, 3.8) is 0 Å². The Kier molecular flexibility index (Phi) is 4.77. The molecule has 0 unspecified atom stereocenters. The molecule has 0 bridgehead atoms. The van der Waals surface area contributed by atoms with Crippen molar-refractivity contribution in [2.24, 2.45) is 5.92 Å². The van der Waals surface area contributed by atoms with Crippen LogP contribution in [0.25, 0.3) is 0 Å². The van der Waals surface area contributed by atoms with E-state index >= 15 is 0 Å². The van der Waals surface area contributed by atoms with Gasteiger partial charge in [0.1, 0.15) is 11.0 Å². The number of nitrogens with zero attached hydrogens (tertiary/aromatic N) is 1. The number of hydrogen-bond acceptors (Lipinski definition) is 5. The average molecular weight is 349 g/mol. The molecule has 1 saturated carbocycles. The van der Waals surface area contributed by atoms with E-state index in [1.165, 1.54) is 11.3 Å². The van der Waals surface area contributed by atoms with Crippen molar-refractivity contribution in [3.8, 4) is 0 Å². The van der Waals surface area contributed by atoms with Crippen molar-refractivity contribution in [2.75, 3.05) is 0 Å². The molecule has 1 aliphatic rings. The lowest BCUT2D eigenvalue weighted by molar-refractivity contribution is -0.123. The lowest BCUT2D eigenvalue weighted by Crippen LogP contribution is -2.46. The topological polar surface area (TPSA) is 71.1 Å². The summed E-state index contributed by atoms with van der Waals surface area (Å²) in [6, 6.07) is 2.95. The van der Waals surface area contributed by atoms with Gasteiger partial charge in [-0.2, -0.15) is 0 Å². The molecule has 2 aromatic rings. The maximum absolute atomic E-state index is 12.4. The predicted molar refractivity (Wildman–Crippen MR) is 91.7 cm³/mol. The van der Waals surface area contributed by atoms with Gasteiger partial charge in [-0.1, -0.05) is 6.07 Å². The summed E-state index contributed by atoms with van der Waals surface area (Å²) < 4.78 is 0. The van der Waals surface area contributed by atoms with Gasteiger partial charge in [0.25, 0.3) is 5.91 Å². The standard InChI is InChI=1S/C16H19N3O2S2/c1-9-8-23-16(17-9)13(11-5-6-11)19-14(20)10(2)18-15(21)12-4-3-7-22-12/h3-4,7-8,10-11,13H,5-6H2,1-2H3,(H,18,21)(H,19,20)/t10-,13-/m1/s1. The maximum atomic E-state index is 12.4. The third-order valence-electron chi connectivity index (χ3n) is 3.78. The number of carbonyl (C=O) groups excluding carboxylic acids is 2. The van der Waals surface area contributed by atoms with E-state index < -0.39 is 6.04 Å². The Labute approximate surface area is 143 Å². The van der Waals surface area contributed by atoms with Gasteiger partial charge < -0.3 is 10.6 Å². The number of aryl methyl sites for hydroxylation is 1. The fourth-order valence-corrected chi connectivity index (χ4v) is 3.91. The first-order valence-electron chi connectivity index (χ1n) is 7.61. The minimum Gasteiger partial charge on any atom is -0.345 e. The first-order valence-corrected chi connectivity index (χ1v) is 9.37. The number of rotatable bonds is 6. The second-order valence-electron chi connectivity index (χ2n) is 5.82. The molecule has 1 aliphatic carbocycles. The quantitative estimate of drug-likeness (QED) is 0.842. The molecule has 0 aromatic carbocycles. The molecule has 7 heteroatoms. The van der Waals surface area contributed by atoms with E-state index in [4.69, 9.17) is 0 Å². The highest BCUT2D eigenvalue weighted by atomic mass is 32.1. The van der Waals surface area contributed by atoms with E-state index in [1.807, 2.05) is 23.8 Å². The third kappa shape index (κ3) is 3.97. The van der Waals surface area contributed by atoms with Crippen LogP contribution < -0.4 is 10.6 Å². The highest BCUT2D eigenvalue weighted by molar-refractivity contribution is 7.12. The van der Waals surface area contributed by atoms with Crippen LogP contribution in [0, 0.1) is 12.8 Å². The molecule has 2 atom stereocenters. The largest absolute Gasteiger partial charge is 0.345 e. The number of thiophene rings is 1. The van der Waals surface area contributed by atoms with Crippen LogP contribution >= 0.6 is 22.7 Å². The zero-order chi connectivity index (χ0) is 16.4. The monoisotopic (exact) mass is 349 g/mol. The van der Waals surface area contributed by atoms with Gasteiger partial charge >= 0.3 is 0 Å². The van der Waals surface area contributed by atoms with Crippen molar-refractivity contribution in [1.82, 2.24) is 15.6 Å². The Hall–Kier alpha value is -1.73. The summed E-state index contributed by atoms with van der Waals surface area (Å²) in [7, 11) is 0. The average Bonchev–Trinajstić information content (AvgIpc) is 3.03. The molecule has 2 amide bonds. The SMILES string of the molecule is Cc1csc([C@H](NC(=O)[C@@H](C)NC(=O)c2cccs2)C2CC2)n1. The summed E-state index contributed by atoms with van der Waals surface area (Å²) in [4.78, 5) is 29.6. The van der Waals surface area contributed by atoms with Gasteiger partial charge in [0.15, 0.2) is 0 Å². The van der Waals surface area contributed by atoms with Gasteiger partial charge in [0.05, 0.1) is 10.9 Å². The first-order chi connectivity index (χ1) is 11.0. The molecule has 2 N–H and O–H groups in total. The zero-order valence-corrected chi connectivity index (χ0v) is 14.7. The molecule has 122 valence electrons. The van der Waals surface area contributed by atoms with Gasteiger partial charge in [-0.05, 0) is 44.1 Å². The normalized spacial score (nSPS) is 16.6.